The van der Waals surface area contributed by atoms with Gasteiger partial charge in [0.2, 0.25) is 0 Å². The molecule has 0 atom stereocenters. The Labute approximate surface area is 89.0 Å². The van der Waals surface area contributed by atoms with Crippen LogP contribution in [0, 0.1) is 6.92 Å². The average Bonchev–Trinajstić information content (AvgIpc) is 2.56. The Hall–Kier alpha value is -1.84. The highest BCUT2D eigenvalue weighted by Crippen LogP contribution is 2.12. The van der Waals surface area contributed by atoms with E-state index < -0.39 is 0 Å². The van der Waals surface area contributed by atoms with Crippen molar-refractivity contribution in [3.8, 4) is 0 Å². The summed E-state index contributed by atoms with van der Waals surface area (Å²) in [5.41, 5.74) is 3.25. The number of nitrogens with one attached hydrogen (secondary N) is 1. The third kappa shape index (κ3) is 2.34. The van der Waals surface area contributed by atoms with E-state index in [1.54, 1.807) is 10.9 Å². The van der Waals surface area contributed by atoms with E-state index in [0.717, 1.165) is 17.9 Å². The second-order valence-corrected chi connectivity index (χ2v) is 3.52. The van der Waals surface area contributed by atoms with Gasteiger partial charge in [-0.2, -0.15) is 5.10 Å². The second kappa shape index (κ2) is 4.13. The molecular weight excluding hydrogens is 188 g/mol. The summed E-state index contributed by atoms with van der Waals surface area (Å²) in [5, 5.41) is 7.59. The standard InChI is InChI=1S/C11H14N4/c1-9-11(8-15(2)14-9)13-7-10-4-3-5-12-6-10/h3-6,8,13H,7H2,1-2H3. The van der Waals surface area contributed by atoms with Crippen LogP contribution in [-0.2, 0) is 13.6 Å². The first-order chi connectivity index (χ1) is 7.25. The van der Waals surface area contributed by atoms with Gasteiger partial charge in [0.25, 0.3) is 0 Å². The normalized spacial score (nSPS) is 10.3. The first-order valence-corrected chi connectivity index (χ1v) is 4.89. The monoisotopic (exact) mass is 202 g/mol. The Morgan fingerprint density at radius 3 is 2.93 bits per heavy atom. The topological polar surface area (TPSA) is 42.7 Å². The van der Waals surface area contributed by atoms with Crippen molar-refractivity contribution in [1.82, 2.24) is 14.8 Å². The molecule has 4 nitrogen and oxygen atoms in total. The lowest BCUT2D eigenvalue weighted by Gasteiger charge is -2.03. The van der Waals surface area contributed by atoms with Gasteiger partial charge in [0.05, 0.1) is 11.4 Å². The molecule has 0 aromatic carbocycles. The van der Waals surface area contributed by atoms with Gasteiger partial charge in [0.15, 0.2) is 0 Å². The predicted octanol–water partition coefficient (Wildman–Crippen LogP) is 1.74. The molecule has 78 valence electrons. The van der Waals surface area contributed by atoms with Crippen LogP contribution in [0.4, 0.5) is 5.69 Å². The van der Waals surface area contributed by atoms with E-state index in [2.05, 4.69) is 15.4 Å². The number of hydrogen-bond donors (Lipinski definition) is 1. The summed E-state index contributed by atoms with van der Waals surface area (Å²) < 4.78 is 1.81. The molecule has 0 saturated carbocycles. The highest BCUT2D eigenvalue weighted by Gasteiger charge is 2.01. The average molecular weight is 202 g/mol. The fourth-order valence-corrected chi connectivity index (χ4v) is 1.47. The Balaban J connectivity index is 2.02. The minimum absolute atomic E-state index is 0.778. The molecule has 2 heterocycles. The van der Waals surface area contributed by atoms with Crippen LogP contribution in [0.1, 0.15) is 11.3 Å². The van der Waals surface area contributed by atoms with Gasteiger partial charge in [-0.05, 0) is 18.6 Å². The molecule has 0 aliphatic heterocycles. The summed E-state index contributed by atoms with van der Waals surface area (Å²) in [4.78, 5) is 4.06. The first kappa shape index (κ1) is 9.71. The van der Waals surface area contributed by atoms with Gasteiger partial charge in [-0.3, -0.25) is 9.67 Å². The van der Waals surface area contributed by atoms with Crippen LogP contribution in [0.25, 0.3) is 0 Å². The lowest BCUT2D eigenvalue weighted by molar-refractivity contribution is 0.756. The van der Waals surface area contributed by atoms with Crippen molar-refractivity contribution < 1.29 is 0 Å². The maximum Gasteiger partial charge on any atom is 0.0825 e. The number of pyridine rings is 1. The summed E-state index contributed by atoms with van der Waals surface area (Å²) in [7, 11) is 1.92. The van der Waals surface area contributed by atoms with E-state index in [1.165, 1.54) is 5.56 Å². The quantitative estimate of drug-likeness (QED) is 0.824. The van der Waals surface area contributed by atoms with Crippen molar-refractivity contribution in [2.45, 2.75) is 13.5 Å². The van der Waals surface area contributed by atoms with Gasteiger partial charge in [-0.15, -0.1) is 0 Å². The zero-order valence-corrected chi connectivity index (χ0v) is 8.94. The van der Waals surface area contributed by atoms with Gasteiger partial charge in [-0.1, -0.05) is 6.07 Å². The van der Waals surface area contributed by atoms with E-state index in [4.69, 9.17) is 0 Å². The largest absolute Gasteiger partial charge is 0.378 e. The van der Waals surface area contributed by atoms with Gasteiger partial charge in [0.1, 0.15) is 0 Å². The molecule has 0 radical (unpaired) electrons. The Morgan fingerprint density at radius 2 is 2.33 bits per heavy atom. The highest BCUT2D eigenvalue weighted by molar-refractivity contribution is 5.45. The van der Waals surface area contributed by atoms with Crippen molar-refractivity contribution in [1.29, 1.82) is 0 Å². The van der Waals surface area contributed by atoms with Gasteiger partial charge < -0.3 is 5.32 Å². The smallest absolute Gasteiger partial charge is 0.0825 e. The third-order valence-electron chi connectivity index (χ3n) is 2.22. The van der Waals surface area contributed by atoms with Crippen molar-refractivity contribution >= 4 is 5.69 Å². The highest BCUT2D eigenvalue weighted by atomic mass is 15.3. The molecule has 0 bridgehead atoms. The van der Waals surface area contributed by atoms with Gasteiger partial charge in [-0.25, -0.2) is 0 Å². The molecule has 0 spiro atoms. The molecule has 0 unspecified atom stereocenters. The zero-order chi connectivity index (χ0) is 10.7. The molecule has 2 rings (SSSR count). The Kier molecular flexibility index (Phi) is 2.67. The van der Waals surface area contributed by atoms with Crippen LogP contribution in [0.3, 0.4) is 0 Å². The molecule has 0 amide bonds. The summed E-state index contributed by atoms with van der Waals surface area (Å²) in [6.45, 7) is 2.77. The van der Waals surface area contributed by atoms with Crippen molar-refractivity contribution in [2.75, 3.05) is 5.32 Å². The Bertz CT molecular complexity index is 433. The molecule has 0 saturated heterocycles. The lowest BCUT2D eigenvalue weighted by Crippen LogP contribution is -1.99. The number of hydrogen-bond acceptors (Lipinski definition) is 3. The molecule has 0 fully saturated rings. The first-order valence-electron chi connectivity index (χ1n) is 4.89. The summed E-state index contributed by atoms with van der Waals surface area (Å²) in [5.74, 6) is 0. The second-order valence-electron chi connectivity index (χ2n) is 3.52. The number of nitrogens with zero attached hydrogens (tertiary/aromatic N) is 3. The van der Waals surface area contributed by atoms with Crippen molar-refractivity contribution in [2.24, 2.45) is 7.05 Å². The molecule has 1 N–H and O–H groups in total. The fraction of sp³-hybridized carbons (Fsp3) is 0.273. The van der Waals surface area contributed by atoms with E-state index in [0.29, 0.717) is 0 Å². The summed E-state index contributed by atoms with van der Waals surface area (Å²) >= 11 is 0. The maximum atomic E-state index is 4.26. The number of aromatic nitrogens is 3. The van der Waals surface area contributed by atoms with E-state index in [1.807, 2.05) is 38.5 Å². The van der Waals surface area contributed by atoms with E-state index in [-0.39, 0.29) is 0 Å². The van der Waals surface area contributed by atoms with E-state index in [9.17, 15) is 0 Å². The molecule has 0 aliphatic rings. The molecule has 4 heteroatoms. The van der Waals surface area contributed by atoms with Crippen LogP contribution < -0.4 is 5.32 Å². The predicted molar refractivity (Wildman–Crippen MR) is 59.5 cm³/mol. The van der Waals surface area contributed by atoms with Crippen LogP contribution in [0.2, 0.25) is 0 Å². The fourth-order valence-electron chi connectivity index (χ4n) is 1.47. The molecule has 2 aromatic heterocycles. The third-order valence-corrected chi connectivity index (χ3v) is 2.22. The summed E-state index contributed by atoms with van der Waals surface area (Å²) in [6, 6.07) is 3.98. The molecule has 0 aliphatic carbocycles. The SMILES string of the molecule is Cc1nn(C)cc1NCc1cccnc1. The number of anilines is 1. The summed E-state index contributed by atoms with van der Waals surface area (Å²) in [6.07, 6.45) is 5.61. The molecular formula is C11H14N4. The Morgan fingerprint density at radius 1 is 1.47 bits per heavy atom. The molecule has 2 aromatic rings. The lowest BCUT2D eigenvalue weighted by atomic mass is 10.3. The number of rotatable bonds is 3. The maximum absolute atomic E-state index is 4.26. The van der Waals surface area contributed by atoms with Gasteiger partial charge in [0, 0.05) is 32.2 Å². The van der Waals surface area contributed by atoms with Crippen molar-refractivity contribution in [3.63, 3.8) is 0 Å². The van der Waals surface area contributed by atoms with Gasteiger partial charge >= 0.3 is 0 Å². The zero-order valence-electron chi connectivity index (χ0n) is 8.94. The van der Waals surface area contributed by atoms with Crippen LogP contribution in [0.5, 0.6) is 0 Å². The van der Waals surface area contributed by atoms with Crippen LogP contribution in [-0.4, -0.2) is 14.8 Å². The van der Waals surface area contributed by atoms with Crippen LogP contribution in [0.15, 0.2) is 30.7 Å². The van der Waals surface area contributed by atoms with Crippen molar-refractivity contribution in [3.05, 3.63) is 42.0 Å². The number of aryl methyl sites for hydroxylation is 2. The minimum Gasteiger partial charge on any atom is -0.378 e. The van der Waals surface area contributed by atoms with Crippen LogP contribution >= 0.6 is 0 Å². The minimum atomic E-state index is 0.778. The molecule has 15 heavy (non-hydrogen) atoms. The van der Waals surface area contributed by atoms with E-state index >= 15 is 0 Å².